The van der Waals surface area contributed by atoms with E-state index in [1.165, 1.54) is 31.2 Å². The normalized spacial score (nSPS) is 18.1. The summed E-state index contributed by atoms with van der Waals surface area (Å²) in [6, 6.07) is 10.0. The molecule has 0 spiro atoms. The maximum atomic E-state index is 12.7. The van der Waals surface area contributed by atoms with Gasteiger partial charge in [-0.15, -0.1) is 0 Å². The number of nitrogens with one attached hydrogen (secondary N) is 1. The smallest absolute Gasteiger partial charge is 0.273 e. The molecule has 1 saturated heterocycles. The molecule has 154 valence electrons. The third kappa shape index (κ3) is 3.95. The predicted octanol–water partition coefficient (Wildman–Crippen LogP) is 3.72. The molecule has 2 aromatic rings. The van der Waals surface area contributed by atoms with Crippen molar-refractivity contribution in [3.63, 3.8) is 0 Å². The van der Waals surface area contributed by atoms with Crippen LogP contribution >= 0.6 is 0 Å². The molecule has 1 aliphatic rings. The molecule has 1 atom stereocenters. The van der Waals surface area contributed by atoms with Crippen LogP contribution in [0, 0.1) is 17.0 Å². The van der Waals surface area contributed by atoms with Crippen molar-refractivity contribution in [3.05, 3.63) is 63.7 Å². The van der Waals surface area contributed by atoms with Gasteiger partial charge in [0.05, 0.1) is 9.82 Å². The van der Waals surface area contributed by atoms with Gasteiger partial charge in [0.25, 0.3) is 21.6 Å². The van der Waals surface area contributed by atoms with Crippen molar-refractivity contribution < 1.29 is 18.1 Å². The monoisotopic (exact) mass is 417 g/mol. The Balaban J connectivity index is 1.80. The average Bonchev–Trinajstić information content (AvgIpc) is 2.61. The molecule has 9 heteroatoms. The molecule has 0 radical (unpaired) electrons. The van der Waals surface area contributed by atoms with E-state index in [1.807, 2.05) is 25.7 Å². The summed E-state index contributed by atoms with van der Waals surface area (Å²) in [6.45, 7) is 7.55. The zero-order chi connectivity index (χ0) is 21.6. The van der Waals surface area contributed by atoms with Crippen LogP contribution < -0.4 is 4.72 Å². The summed E-state index contributed by atoms with van der Waals surface area (Å²) in [7, 11) is -4.01. The SMILES string of the molecule is Cc1ccc(S(=O)(=O)Nc2ccc(C(=O)N3[C@@H](C)CC3(C)C)cc2)cc1[N+](=O)[O-]. The molecule has 0 unspecified atom stereocenters. The Kier molecular flexibility index (Phi) is 5.12. The standard InChI is InChI=1S/C20H23N3O5S/c1-13-5-10-17(11-18(13)23(25)26)29(27,28)21-16-8-6-15(7-9-16)19(24)22-14(2)12-20(22,3)4/h5-11,14,21H,12H2,1-4H3/t14-/m0/s1. The summed E-state index contributed by atoms with van der Waals surface area (Å²) in [4.78, 5) is 24.8. The van der Waals surface area contributed by atoms with Crippen LogP contribution in [-0.2, 0) is 10.0 Å². The Morgan fingerprint density at radius 3 is 2.34 bits per heavy atom. The minimum atomic E-state index is -4.01. The third-order valence-corrected chi connectivity index (χ3v) is 6.56. The first-order valence-corrected chi connectivity index (χ1v) is 10.6. The van der Waals surface area contributed by atoms with Crippen molar-refractivity contribution >= 4 is 27.3 Å². The number of benzene rings is 2. The van der Waals surface area contributed by atoms with Crippen LogP contribution in [0.15, 0.2) is 47.4 Å². The number of aryl methyl sites for hydroxylation is 1. The second kappa shape index (κ2) is 7.14. The van der Waals surface area contributed by atoms with E-state index in [1.54, 1.807) is 12.1 Å². The third-order valence-electron chi connectivity index (χ3n) is 5.18. The Bertz CT molecular complexity index is 1080. The van der Waals surface area contributed by atoms with Crippen molar-refractivity contribution in [3.8, 4) is 0 Å². The van der Waals surface area contributed by atoms with Crippen LogP contribution in [0.3, 0.4) is 0 Å². The van der Waals surface area contributed by atoms with Gasteiger partial charge in [-0.3, -0.25) is 19.6 Å². The van der Waals surface area contributed by atoms with Crippen molar-refractivity contribution in [2.75, 3.05) is 4.72 Å². The molecule has 1 aliphatic heterocycles. The topological polar surface area (TPSA) is 110 Å². The summed E-state index contributed by atoms with van der Waals surface area (Å²) < 4.78 is 27.6. The Morgan fingerprint density at radius 2 is 1.83 bits per heavy atom. The van der Waals surface area contributed by atoms with E-state index in [-0.39, 0.29) is 33.8 Å². The lowest BCUT2D eigenvalue weighted by Crippen LogP contribution is -2.63. The van der Waals surface area contributed by atoms with Crippen LogP contribution in [0.2, 0.25) is 0 Å². The van der Waals surface area contributed by atoms with Gasteiger partial charge in [0.15, 0.2) is 0 Å². The highest BCUT2D eigenvalue weighted by atomic mass is 32.2. The number of anilines is 1. The van der Waals surface area contributed by atoms with E-state index in [0.29, 0.717) is 11.1 Å². The highest BCUT2D eigenvalue weighted by molar-refractivity contribution is 7.92. The quantitative estimate of drug-likeness (QED) is 0.589. The van der Waals surface area contributed by atoms with Crippen LogP contribution in [0.1, 0.15) is 43.1 Å². The minimum Gasteiger partial charge on any atom is -0.331 e. The van der Waals surface area contributed by atoms with Gasteiger partial charge in [0.1, 0.15) is 0 Å². The Labute approximate surface area is 169 Å². The molecule has 1 amide bonds. The van der Waals surface area contributed by atoms with Crippen molar-refractivity contribution in [1.29, 1.82) is 0 Å². The number of amides is 1. The van der Waals surface area contributed by atoms with E-state index in [2.05, 4.69) is 4.72 Å². The number of likely N-dealkylation sites (tertiary alicyclic amines) is 1. The Hall–Kier alpha value is -2.94. The fourth-order valence-corrected chi connectivity index (χ4v) is 4.94. The molecular weight excluding hydrogens is 394 g/mol. The lowest BCUT2D eigenvalue weighted by atomic mass is 9.81. The number of rotatable bonds is 5. The summed E-state index contributed by atoms with van der Waals surface area (Å²) >= 11 is 0. The largest absolute Gasteiger partial charge is 0.331 e. The van der Waals surface area contributed by atoms with Crippen molar-refractivity contribution in [1.82, 2.24) is 4.90 Å². The molecular formula is C20H23N3O5S. The van der Waals surface area contributed by atoms with Gasteiger partial charge in [-0.2, -0.15) is 0 Å². The first-order chi connectivity index (χ1) is 13.4. The fraction of sp³-hybridized carbons (Fsp3) is 0.350. The number of sulfonamides is 1. The van der Waals surface area contributed by atoms with E-state index in [0.717, 1.165) is 12.5 Å². The van der Waals surface area contributed by atoms with E-state index in [9.17, 15) is 23.3 Å². The maximum Gasteiger partial charge on any atom is 0.273 e. The van der Waals surface area contributed by atoms with Gasteiger partial charge in [0, 0.05) is 34.5 Å². The first-order valence-electron chi connectivity index (χ1n) is 9.14. The van der Waals surface area contributed by atoms with E-state index >= 15 is 0 Å². The van der Waals surface area contributed by atoms with Crippen LogP contribution in [0.5, 0.6) is 0 Å². The number of hydrogen-bond acceptors (Lipinski definition) is 5. The zero-order valence-electron chi connectivity index (χ0n) is 16.7. The average molecular weight is 417 g/mol. The summed E-state index contributed by atoms with van der Waals surface area (Å²) in [5.74, 6) is -0.0997. The number of carbonyl (C=O) groups is 1. The number of nitro groups is 1. The number of hydrogen-bond donors (Lipinski definition) is 1. The molecule has 0 aliphatic carbocycles. The summed E-state index contributed by atoms with van der Waals surface area (Å²) in [6.07, 6.45) is 0.930. The molecule has 8 nitrogen and oxygen atoms in total. The van der Waals surface area contributed by atoms with Gasteiger partial charge in [-0.25, -0.2) is 8.42 Å². The minimum absolute atomic E-state index is 0.0997. The molecule has 1 heterocycles. The van der Waals surface area contributed by atoms with Gasteiger partial charge in [-0.05, 0) is 64.4 Å². The van der Waals surface area contributed by atoms with E-state index < -0.39 is 14.9 Å². The number of nitrogens with zero attached hydrogens (tertiary/aromatic N) is 2. The molecule has 1 N–H and O–H groups in total. The zero-order valence-corrected chi connectivity index (χ0v) is 17.5. The summed E-state index contributed by atoms with van der Waals surface area (Å²) in [5, 5.41) is 11.1. The first kappa shape index (κ1) is 20.8. The molecule has 29 heavy (non-hydrogen) atoms. The van der Waals surface area contributed by atoms with E-state index in [4.69, 9.17) is 0 Å². The van der Waals surface area contributed by atoms with Gasteiger partial charge in [-0.1, -0.05) is 6.07 Å². The van der Waals surface area contributed by atoms with Crippen molar-refractivity contribution in [2.45, 2.75) is 50.6 Å². The molecule has 1 fully saturated rings. The fourth-order valence-electron chi connectivity index (χ4n) is 3.86. The lowest BCUT2D eigenvalue weighted by Gasteiger charge is -2.54. The van der Waals surface area contributed by atoms with Crippen LogP contribution in [-0.4, -0.2) is 35.7 Å². The number of carbonyl (C=O) groups excluding carboxylic acids is 1. The predicted molar refractivity (Wildman–Crippen MR) is 109 cm³/mol. The number of nitro benzene ring substituents is 1. The van der Waals surface area contributed by atoms with Crippen LogP contribution in [0.25, 0.3) is 0 Å². The molecule has 0 aromatic heterocycles. The highest BCUT2D eigenvalue weighted by Gasteiger charge is 2.45. The second-order valence-corrected chi connectivity index (χ2v) is 9.61. The van der Waals surface area contributed by atoms with Gasteiger partial charge >= 0.3 is 0 Å². The lowest BCUT2D eigenvalue weighted by molar-refractivity contribution is -0.385. The molecule has 0 saturated carbocycles. The molecule has 0 bridgehead atoms. The van der Waals surface area contributed by atoms with Gasteiger partial charge < -0.3 is 4.90 Å². The van der Waals surface area contributed by atoms with Crippen molar-refractivity contribution in [2.24, 2.45) is 0 Å². The van der Waals surface area contributed by atoms with Crippen LogP contribution in [0.4, 0.5) is 11.4 Å². The summed E-state index contributed by atoms with van der Waals surface area (Å²) in [5.41, 5.74) is 0.649. The Morgan fingerprint density at radius 1 is 1.21 bits per heavy atom. The second-order valence-electron chi connectivity index (χ2n) is 7.93. The maximum absolute atomic E-state index is 12.7. The molecule has 2 aromatic carbocycles. The highest BCUT2D eigenvalue weighted by Crippen LogP contribution is 2.37. The molecule has 3 rings (SSSR count). The van der Waals surface area contributed by atoms with Gasteiger partial charge in [0.2, 0.25) is 0 Å².